The first-order chi connectivity index (χ1) is 8.46. The molecule has 1 atom stereocenters. The summed E-state index contributed by atoms with van der Waals surface area (Å²) in [5.41, 5.74) is 1.67. The van der Waals surface area contributed by atoms with Gasteiger partial charge in [-0.2, -0.15) is 0 Å². The number of hydrogen-bond donors (Lipinski definition) is 1. The Hall–Kier alpha value is -1.11. The first kappa shape index (κ1) is 12.0. The molecule has 1 aromatic heterocycles. The van der Waals surface area contributed by atoms with Crippen LogP contribution in [0.5, 0.6) is 0 Å². The summed E-state index contributed by atoms with van der Waals surface area (Å²) in [7, 11) is -3.11. The third kappa shape index (κ3) is 1.90. The van der Waals surface area contributed by atoms with Gasteiger partial charge in [0, 0.05) is 10.4 Å². The van der Waals surface area contributed by atoms with E-state index in [2.05, 4.69) is 4.98 Å². The number of aromatic amines is 1. The number of nitrogens with zero attached hydrogens (tertiary/aromatic N) is 1. The van der Waals surface area contributed by atoms with Crippen LogP contribution in [0.15, 0.2) is 29.7 Å². The molecule has 0 aliphatic carbocycles. The molecular formula is C11H9ClN2O2S2. The normalized spacial score (nSPS) is 21.7. The van der Waals surface area contributed by atoms with Crippen LogP contribution in [0.3, 0.4) is 0 Å². The third-order valence-electron chi connectivity index (χ3n) is 2.92. The van der Waals surface area contributed by atoms with E-state index in [9.17, 15) is 8.42 Å². The van der Waals surface area contributed by atoms with Crippen LogP contribution in [-0.2, 0) is 9.84 Å². The standard InChI is InChI=1S/C11H9ClN2O2S2/c12-7-1-2-9-10(5-7)14(11(17)13-9)8-3-4-18(15,16)6-8/h1-5,8H,6H2,(H,13,17). The van der Waals surface area contributed by atoms with E-state index in [0.717, 1.165) is 11.0 Å². The fourth-order valence-electron chi connectivity index (χ4n) is 2.14. The third-order valence-corrected chi connectivity index (χ3v) is 4.83. The lowest BCUT2D eigenvalue weighted by Crippen LogP contribution is -2.11. The molecule has 1 unspecified atom stereocenters. The lowest BCUT2D eigenvalue weighted by Gasteiger charge is -2.10. The SMILES string of the molecule is O=S1(=O)C=CC(n2c(=S)[nH]c3ccc(Cl)cc32)C1. The average molecular weight is 301 g/mol. The van der Waals surface area contributed by atoms with Crippen LogP contribution in [0, 0.1) is 4.77 Å². The minimum absolute atomic E-state index is 0.0424. The van der Waals surface area contributed by atoms with Gasteiger partial charge in [0.25, 0.3) is 0 Å². The fourth-order valence-corrected chi connectivity index (χ4v) is 3.92. The Morgan fingerprint density at radius 1 is 1.44 bits per heavy atom. The van der Waals surface area contributed by atoms with E-state index in [-0.39, 0.29) is 11.8 Å². The molecular weight excluding hydrogens is 292 g/mol. The average Bonchev–Trinajstić information content (AvgIpc) is 2.77. The number of sulfone groups is 1. The second-order valence-corrected chi connectivity index (χ2v) is 6.94. The van der Waals surface area contributed by atoms with Crippen molar-refractivity contribution < 1.29 is 8.42 Å². The highest BCUT2D eigenvalue weighted by Gasteiger charge is 2.25. The Kier molecular flexibility index (Phi) is 2.62. The summed E-state index contributed by atoms with van der Waals surface area (Å²) >= 11 is 11.2. The number of rotatable bonds is 1. The number of allylic oxidation sites excluding steroid dienone is 1. The summed E-state index contributed by atoms with van der Waals surface area (Å²) in [4.78, 5) is 3.05. The molecule has 1 N–H and O–H groups in total. The molecule has 0 saturated carbocycles. The monoisotopic (exact) mass is 300 g/mol. The number of hydrogen-bond acceptors (Lipinski definition) is 3. The second-order valence-electron chi connectivity index (χ2n) is 4.19. The molecule has 4 nitrogen and oxygen atoms in total. The molecule has 0 fully saturated rings. The number of nitrogens with one attached hydrogen (secondary N) is 1. The molecule has 1 aliphatic rings. The van der Waals surface area contributed by atoms with Crippen molar-refractivity contribution in [3.05, 3.63) is 39.5 Å². The van der Waals surface area contributed by atoms with Gasteiger partial charge in [-0.15, -0.1) is 0 Å². The number of H-pyrrole nitrogens is 1. The molecule has 0 saturated heterocycles. The van der Waals surface area contributed by atoms with Crippen LogP contribution in [0.1, 0.15) is 6.04 Å². The quantitative estimate of drug-likeness (QED) is 0.824. The zero-order valence-corrected chi connectivity index (χ0v) is 11.5. The maximum Gasteiger partial charge on any atom is 0.178 e. The predicted molar refractivity (Wildman–Crippen MR) is 74.1 cm³/mol. The summed E-state index contributed by atoms with van der Waals surface area (Å²) in [6, 6.07) is 5.11. The van der Waals surface area contributed by atoms with E-state index >= 15 is 0 Å². The Balaban J connectivity index is 2.24. The Bertz CT molecular complexity index is 817. The topological polar surface area (TPSA) is 54.9 Å². The van der Waals surface area contributed by atoms with Crippen LogP contribution < -0.4 is 0 Å². The maximum absolute atomic E-state index is 11.5. The molecule has 2 aromatic rings. The minimum Gasteiger partial charge on any atom is -0.331 e. The van der Waals surface area contributed by atoms with Crippen molar-refractivity contribution in [2.24, 2.45) is 0 Å². The zero-order chi connectivity index (χ0) is 12.9. The zero-order valence-electron chi connectivity index (χ0n) is 9.13. The van der Waals surface area contributed by atoms with Crippen molar-refractivity contribution in [1.82, 2.24) is 9.55 Å². The smallest absolute Gasteiger partial charge is 0.178 e. The number of benzene rings is 1. The summed E-state index contributed by atoms with van der Waals surface area (Å²) in [5.74, 6) is 0.0424. The van der Waals surface area contributed by atoms with E-state index in [1.54, 1.807) is 22.8 Å². The van der Waals surface area contributed by atoms with Gasteiger partial charge >= 0.3 is 0 Å². The lowest BCUT2D eigenvalue weighted by atomic mass is 10.3. The van der Waals surface area contributed by atoms with E-state index in [4.69, 9.17) is 23.8 Å². The Labute approximate surface area is 114 Å². The molecule has 1 aromatic carbocycles. The predicted octanol–water partition coefficient (Wildman–Crippen LogP) is 2.84. The first-order valence-corrected chi connectivity index (χ1v) is 7.77. The van der Waals surface area contributed by atoms with Crippen molar-refractivity contribution in [3.8, 4) is 0 Å². The van der Waals surface area contributed by atoms with Gasteiger partial charge < -0.3 is 9.55 Å². The van der Waals surface area contributed by atoms with Crippen LogP contribution >= 0.6 is 23.8 Å². The van der Waals surface area contributed by atoms with E-state index < -0.39 is 9.84 Å². The molecule has 0 amide bonds. The molecule has 0 spiro atoms. The summed E-state index contributed by atoms with van der Waals surface area (Å²) in [5, 5.41) is 1.83. The number of aromatic nitrogens is 2. The largest absolute Gasteiger partial charge is 0.331 e. The Morgan fingerprint density at radius 2 is 2.22 bits per heavy atom. The van der Waals surface area contributed by atoms with Gasteiger partial charge in [-0.3, -0.25) is 0 Å². The molecule has 7 heteroatoms. The van der Waals surface area contributed by atoms with Crippen LogP contribution in [0.2, 0.25) is 5.02 Å². The number of fused-ring (bicyclic) bond motifs is 1. The number of halogens is 1. The van der Waals surface area contributed by atoms with Crippen molar-refractivity contribution in [3.63, 3.8) is 0 Å². The molecule has 18 heavy (non-hydrogen) atoms. The van der Waals surface area contributed by atoms with Crippen LogP contribution in [0.25, 0.3) is 11.0 Å². The highest BCUT2D eigenvalue weighted by atomic mass is 35.5. The van der Waals surface area contributed by atoms with E-state index in [0.29, 0.717) is 9.79 Å². The molecule has 1 aliphatic heterocycles. The van der Waals surface area contributed by atoms with Crippen LogP contribution in [-0.4, -0.2) is 23.7 Å². The van der Waals surface area contributed by atoms with Gasteiger partial charge in [-0.25, -0.2) is 8.42 Å². The highest BCUT2D eigenvalue weighted by Crippen LogP contribution is 2.27. The summed E-state index contributed by atoms with van der Waals surface area (Å²) in [6.45, 7) is 0. The maximum atomic E-state index is 11.5. The van der Waals surface area contributed by atoms with Gasteiger partial charge in [0.1, 0.15) is 0 Å². The molecule has 2 heterocycles. The molecule has 3 rings (SSSR count). The second kappa shape index (κ2) is 3.94. The summed E-state index contributed by atoms with van der Waals surface area (Å²) in [6.07, 6.45) is 1.65. The molecule has 0 radical (unpaired) electrons. The van der Waals surface area contributed by atoms with Crippen LogP contribution in [0.4, 0.5) is 0 Å². The highest BCUT2D eigenvalue weighted by molar-refractivity contribution is 7.94. The van der Waals surface area contributed by atoms with Crippen molar-refractivity contribution in [2.45, 2.75) is 6.04 Å². The summed E-state index contributed by atoms with van der Waals surface area (Å²) < 4.78 is 25.2. The van der Waals surface area contributed by atoms with Crippen molar-refractivity contribution in [1.29, 1.82) is 0 Å². The van der Waals surface area contributed by atoms with E-state index in [1.807, 2.05) is 6.07 Å². The Morgan fingerprint density at radius 3 is 2.89 bits per heavy atom. The van der Waals surface area contributed by atoms with Gasteiger partial charge in [0.15, 0.2) is 14.6 Å². The van der Waals surface area contributed by atoms with Gasteiger partial charge in [-0.1, -0.05) is 11.6 Å². The molecule has 94 valence electrons. The molecule has 0 bridgehead atoms. The number of imidazole rings is 1. The minimum atomic E-state index is -3.11. The van der Waals surface area contributed by atoms with Crippen molar-refractivity contribution >= 4 is 44.7 Å². The van der Waals surface area contributed by atoms with Crippen molar-refractivity contribution in [2.75, 3.05) is 5.75 Å². The van der Waals surface area contributed by atoms with Gasteiger partial charge in [0.05, 0.1) is 22.8 Å². The fraction of sp³-hybridized carbons (Fsp3) is 0.182. The van der Waals surface area contributed by atoms with E-state index in [1.165, 1.54) is 5.41 Å². The van der Waals surface area contributed by atoms with Gasteiger partial charge in [0.2, 0.25) is 0 Å². The first-order valence-electron chi connectivity index (χ1n) is 5.27. The lowest BCUT2D eigenvalue weighted by molar-refractivity contribution is 0.594. The van der Waals surface area contributed by atoms with Gasteiger partial charge in [-0.05, 0) is 36.5 Å².